The molecule has 2 aliphatic rings. The molecule has 0 unspecified atom stereocenters. The topological polar surface area (TPSA) is 138 Å². The summed E-state index contributed by atoms with van der Waals surface area (Å²) in [4.78, 5) is 39.1. The number of hydrogen-bond acceptors (Lipinski definition) is 6. The average molecular weight is 363 g/mol. The largest absolute Gasteiger partial charge is 0.480 e. The summed E-state index contributed by atoms with van der Waals surface area (Å²) in [7, 11) is 0. The molecule has 1 aromatic heterocycles. The van der Waals surface area contributed by atoms with Gasteiger partial charge in [-0.25, -0.2) is 4.79 Å². The Morgan fingerprint density at radius 3 is 2.73 bits per heavy atom. The Balaban J connectivity index is 1.48. The van der Waals surface area contributed by atoms with Gasteiger partial charge >= 0.3 is 17.7 Å². The van der Waals surface area contributed by atoms with E-state index in [0.29, 0.717) is 18.8 Å². The van der Waals surface area contributed by atoms with E-state index in [1.807, 2.05) is 4.90 Å². The van der Waals surface area contributed by atoms with E-state index in [4.69, 9.17) is 5.11 Å². The highest BCUT2D eigenvalue weighted by atomic mass is 16.6. The van der Waals surface area contributed by atoms with Crippen LogP contribution in [0.25, 0.3) is 0 Å². The van der Waals surface area contributed by atoms with Gasteiger partial charge in [0.25, 0.3) is 0 Å². The van der Waals surface area contributed by atoms with Gasteiger partial charge in [-0.3, -0.25) is 24.8 Å². The van der Waals surface area contributed by atoms with Crippen molar-refractivity contribution in [3.05, 3.63) is 28.6 Å². The van der Waals surface area contributed by atoms with E-state index >= 15 is 0 Å². The van der Waals surface area contributed by atoms with Crippen LogP contribution in [0.5, 0.6) is 0 Å². The molecule has 140 valence electrons. The fourth-order valence-corrected chi connectivity index (χ4v) is 3.13. The van der Waals surface area contributed by atoms with Crippen LogP contribution in [0.15, 0.2) is 18.5 Å². The predicted octanol–water partition coefficient (Wildman–Crippen LogP) is 1.44. The molecule has 0 atom stereocenters. The fourth-order valence-electron chi connectivity index (χ4n) is 3.13. The zero-order valence-electron chi connectivity index (χ0n) is 14.1. The molecule has 2 saturated carbocycles. The third kappa shape index (κ3) is 4.66. The molecule has 26 heavy (non-hydrogen) atoms. The Kier molecular flexibility index (Phi) is 5.31. The minimum absolute atomic E-state index is 0.0172. The second kappa shape index (κ2) is 7.65. The van der Waals surface area contributed by atoms with Gasteiger partial charge in [-0.05, 0) is 37.7 Å². The zero-order valence-corrected chi connectivity index (χ0v) is 14.1. The van der Waals surface area contributed by atoms with Crippen LogP contribution in [0.3, 0.4) is 0 Å². The predicted molar refractivity (Wildman–Crippen MR) is 91.8 cm³/mol. The molecular weight excluding hydrogens is 342 g/mol. The lowest BCUT2D eigenvalue weighted by Crippen LogP contribution is -2.55. The molecule has 3 rings (SSSR count). The second-order valence-electron chi connectivity index (χ2n) is 6.84. The number of nitro groups is 1. The van der Waals surface area contributed by atoms with E-state index in [1.165, 1.54) is 12.3 Å². The summed E-state index contributed by atoms with van der Waals surface area (Å²) in [5.74, 6) is -0.248. The number of carbonyl (C=O) groups is 2. The molecule has 0 spiro atoms. The summed E-state index contributed by atoms with van der Waals surface area (Å²) in [6.07, 6.45) is 6.09. The smallest absolute Gasteiger partial charge is 0.319 e. The van der Waals surface area contributed by atoms with Crippen molar-refractivity contribution in [2.45, 2.75) is 37.8 Å². The Labute approximate surface area is 149 Å². The van der Waals surface area contributed by atoms with Gasteiger partial charge in [0, 0.05) is 24.8 Å². The van der Waals surface area contributed by atoms with Gasteiger partial charge in [-0.2, -0.15) is 0 Å². The number of urea groups is 1. The molecule has 0 aromatic carbocycles. The Morgan fingerprint density at radius 2 is 2.12 bits per heavy atom. The lowest BCUT2D eigenvalue weighted by molar-refractivity contribution is -0.384. The van der Waals surface area contributed by atoms with E-state index < -0.39 is 16.9 Å². The van der Waals surface area contributed by atoms with Crippen molar-refractivity contribution in [2.24, 2.45) is 5.92 Å². The SMILES string of the molecule is O=C(O)CN(CC1CC1)C1CC(NC(=O)Nc2ccncc2[N+](=O)[O-])C1. The monoisotopic (exact) mass is 363 g/mol. The summed E-state index contributed by atoms with van der Waals surface area (Å²) < 4.78 is 0. The Bertz CT molecular complexity index is 702. The molecule has 3 N–H and O–H groups in total. The van der Waals surface area contributed by atoms with Gasteiger partial charge < -0.3 is 15.7 Å². The molecule has 10 heteroatoms. The van der Waals surface area contributed by atoms with Crippen LogP contribution in [-0.2, 0) is 4.79 Å². The van der Waals surface area contributed by atoms with Crippen molar-refractivity contribution >= 4 is 23.4 Å². The number of aliphatic carboxylic acids is 1. The maximum Gasteiger partial charge on any atom is 0.319 e. The Hall–Kier alpha value is -2.75. The summed E-state index contributed by atoms with van der Waals surface area (Å²) in [5, 5.41) is 25.2. The number of hydrogen-bond donors (Lipinski definition) is 3. The molecule has 1 aromatic rings. The van der Waals surface area contributed by atoms with E-state index in [0.717, 1.165) is 25.6 Å². The first-order valence-corrected chi connectivity index (χ1v) is 8.54. The minimum atomic E-state index is -0.843. The lowest BCUT2D eigenvalue weighted by Gasteiger charge is -2.42. The summed E-state index contributed by atoms with van der Waals surface area (Å²) >= 11 is 0. The highest BCUT2D eigenvalue weighted by Crippen LogP contribution is 2.33. The van der Waals surface area contributed by atoms with Crippen molar-refractivity contribution in [1.82, 2.24) is 15.2 Å². The van der Waals surface area contributed by atoms with E-state index in [9.17, 15) is 19.7 Å². The van der Waals surface area contributed by atoms with Crippen LogP contribution in [0.2, 0.25) is 0 Å². The number of carboxylic acids is 1. The number of nitrogens with zero attached hydrogens (tertiary/aromatic N) is 3. The van der Waals surface area contributed by atoms with Crippen molar-refractivity contribution in [1.29, 1.82) is 0 Å². The highest BCUT2D eigenvalue weighted by Gasteiger charge is 2.37. The first-order chi connectivity index (χ1) is 12.4. The zero-order chi connectivity index (χ0) is 18.7. The van der Waals surface area contributed by atoms with Crippen LogP contribution in [0, 0.1) is 16.0 Å². The number of pyridine rings is 1. The van der Waals surface area contributed by atoms with Gasteiger partial charge in [0.05, 0.1) is 11.5 Å². The lowest BCUT2D eigenvalue weighted by atomic mass is 9.85. The number of rotatable bonds is 8. The first-order valence-electron chi connectivity index (χ1n) is 8.54. The molecule has 2 aliphatic carbocycles. The summed E-state index contributed by atoms with van der Waals surface area (Å²) in [6, 6.07) is 0.921. The van der Waals surface area contributed by atoms with Crippen LogP contribution in [0.1, 0.15) is 25.7 Å². The molecular formula is C16H21N5O5. The van der Waals surface area contributed by atoms with E-state index in [-0.39, 0.29) is 30.0 Å². The number of carbonyl (C=O) groups excluding carboxylic acids is 1. The van der Waals surface area contributed by atoms with Crippen LogP contribution >= 0.6 is 0 Å². The number of aromatic nitrogens is 1. The third-order valence-corrected chi connectivity index (χ3v) is 4.74. The van der Waals surface area contributed by atoms with Crippen LogP contribution in [-0.4, -0.2) is 57.1 Å². The van der Waals surface area contributed by atoms with Gasteiger partial charge in [-0.1, -0.05) is 0 Å². The molecule has 10 nitrogen and oxygen atoms in total. The highest BCUT2D eigenvalue weighted by molar-refractivity contribution is 5.91. The summed E-state index contributed by atoms with van der Waals surface area (Å²) in [6.45, 7) is 0.808. The van der Waals surface area contributed by atoms with Gasteiger partial charge in [0.2, 0.25) is 0 Å². The van der Waals surface area contributed by atoms with Gasteiger partial charge in [-0.15, -0.1) is 0 Å². The molecule has 0 radical (unpaired) electrons. The number of carboxylic acid groups (broad SMARTS) is 1. The summed E-state index contributed by atoms with van der Waals surface area (Å²) in [5.41, 5.74) is -0.189. The van der Waals surface area contributed by atoms with Crippen molar-refractivity contribution in [2.75, 3.05) is 18.4 Å². The number of amides is 2. The molecule has 0 saturated heterocycles. The fraction of sp³-hybridized carbons (Fsp3) is 0.562. The number of nitrogens with one attached hydrogen (secondary N) is 2. The Morgan fingerprint density at radius 1 is 1.38 bits per heavy atom. The molecule has 0 bridgehead atoms. The van der Waals surface area contributed by atoms with E-state index in [2.05, 4.69) is 15.6 Å². The van der Waals surface area contributed by atoms with E-state index in [1.54, 1.807) is 0 Å². The molecule has 2 fully saturated rings. The molecule has 2 amide bonds. The quantitative estimate of drug-likeness (QED) is 0.469. The van der Waals surface area contributed by atoms with Gasteiger partial charge in [0.15, 0.2) is 0 Å². The maximum absolute atomic E-state index is 12.1. The number of anilines is 1. The van der Waals surface area contributed by atoms with Crippen molar-refractivity contribution in [3.8, 4) is 0 Å². The third-order valence-electron chi connectivity index (χ3n) is 4.74. The molecule has 0 aliphatic heterocycles. The average Bonchev–Trinajstić information content (AvgIpc) is 3.33. The van der Waals surface area contributed by atoms with Crippen LogP contribution in [0.4, 0.5) is 16.2 Å². The standard InChI is InChI=1S/C16H21N5O5/c22-15(23)9-20(8-10-1-2-10)12-5-11(6-12)18-16(24)19-13-3-4-17-7-14(13)21(25)26/h3-4,7,10-12H,1-2,5-6,8-9H2,(H,22,23)(H2,17,18,19,24). The maximum atomic E-state index is 12.1. The first kappa shape index (κ1) is 18.1. The van der Waals surface area contributed by atoms with Gasteiger partial charge in [0.1, 0.15) is 11.9 Å². The minimum Gasteiger partial charge on any atom is -0.480 e. The normalized spacial score (nSPS) is 21.7. The van der Waals surface area contributed by atoms with Crippen molar-refractivity contribution < 1.29 is 19.6 Å². The van der Waals surface area contributed by atoms with Crippen molar-refractivity contribution in [3.63, 3.8) is 0 Å². The van der Waals surface area contributed by atoms with Crippen LogP contribution < -0.4 is 10.6 Å². The second-order valence-corrected chi connectivity index (χ2v) is 6.84. The molecule has 1 heterocycles.